The lowest BCUT2D eigenvalue weighted by Crippen LogP contribution is -2.41. The van der Waals surface area contributed by atoms with E-state index < -0.39 is 5.54 Å². The van der Waals surface area contributed by atoms with Crippen LogP contribution in [0.2, 0.25) is 0 Å². The van der Waals surface area contributed by atoms with Gasteiger partial charge in [-0.15, -0.1) is 0 Å². The van der Waals surface area contributed by atoms with Gasteiger partial charge < -0.3 is 10.5 Å². The molecule has 0 bridgehead atoms. The van der Waals surface area contributed by atoms with Gasteiger partial charge in [0.2, 0.25) is 0 Å². The molecule has 0 aromatic heterocycles. The molecule has 3 nitrogen and oxygen atoms in total. The van der Waals surface area contributed by atoms with Crippen LogP contribution in [0.1, 0.15) is 11.1 Å². The first-order valence-corrected chi connectivity index (χ1v) is 6.09. The largest absolute Gasteiger partial charge is 0.490 e. The van der Waals surface area contributed by atoms with Crippen LogP contribution in [-0.4, -0.2) is 6.61 Å². The Morgan fingerprint density at radius 3 is 2.53 bits per heavy atom. The monoisotopic (exact) mass is 252 g/mol. The van der Waals surface area contributed by atoms with Crippen LogP contribution in [0.3, 0.4) is 0 Å². The van der Waals surface area contributed by atoms with Crippen molar-refractivity contribution >= 4 is 0 Å². The molecule has 0 fully saturated rings. The van der Waals surface area contributed by atoms with Crippen LogP contribution in [0.4, 0.5) is 0 Å². The van der Waals surface area contributed by atoms with Gasteiger partial charge in [-0.1, -0.05) is 42.5 Å². The molecule has 0 saturated heterocycles. The fraction of sp³-hybridized carbons (Fsp3) is 0.188. The molecule has 0 saturated carbocycles. The van der Waals surface area contributed by atoms with Crippen molar-refractivity contribution in [3.05, 3.63) is 65.7 Å². The molecule has 1 atom stereocenters. The molecule has 3 heteroatoms. The fourth-order valence-corrected chi connectivity index (χ4v) is 1.82. The predicted molar refractivity (Wildman–Crippen MR) is 74.6 cm³/mol. The third-order valence-electron chi connectivity index (χ3n) is 2.94. The van der Waals surface area contributed by atoms with Crippen LogP contribution < -0.4 is 10.5 Å². The van der Waals surface area contributed by atoms with Gasteiger partial charge in [0.15, 0.2) is 5.54 Å². The van der Waals surface area contributed by atoms with Gasteiger partial charge in [0.05, 0.1) is 6.07 Å². The summed E-state index contributed by atoms with van der Waals surface area (Å²) in [6.07, 6.45) is 0. The molecule has 0 radical (unpaired) electrons. The molecular weight excluding hydrogens is 236 g/mol. The first-order valence-electron chi connectivity index (χ1n) is 6.09. The molecule has 96 valence electrons. The number of ether oxygens (including phenoxy) is 1. The highest BCUT2D eigenvalue weighted by Gasteiger charge is 2.28. The fourth-order valence-electron chi connectivity index (χ4n) is 1.82. The Kier molecular flexibility index (Phi) is 3.84. The zero-order valence-electron chi connectivity index (χ0n) is 10.8. The van der Waals surface area contributed by atoms with Crippen LogP contribution in [0.15, 0.2) is 54.6 Å². The minimum absolute atomic E-state index is 0.122. The molecular formula is C16H16N2O. The molecule has 2 rings (SSSR count). The van der Waals surface area contributed by atoms with E-state index in [0.717, 1.165) is 16.9 Å². The number of nitrogens with zero attached hydrogens (tertiary/aromatic N) is 1. The van der Waals surface area contributed by atoms with E-state index in [9.17, 15) is 5.26 Å². The Hall–Kier alpha value is -2.31. The molecule has 1 unspecified atom stereocenters. The Morgan fingerprint density at radius 1 is 1.16 bits per heavy atom. The summed E-state index contributed by atoms with van der Waals surface area (Å²) >= 11 is 0. The standard InChI is InChI=1S/C16H16N2O/c1-13-6-5-9-15(10-13)19-12-16(18,11-17)14-7-3-2-4-8-14/h2-10H,12,18H2,1H3. The topological polar surface area (TPSA) is 59.0 Å². The SMILES string of the molecule is Cc1cccc(OCC(N)(C#N)c2ccccc2)c1. The average molecular weight is 252 g/mol. The number of aryl methyl sites for hydroxylation is 1. The minimum atomic E-state index is -1.13. The normalized spacial score (nSPS) is 13.3. The zero-order valence-corrected chi connectivity index (χ0v) is 10.8. The average Bonchev–Trinajstić information content (AvgIpc) is 2.46. The third kappa shape index (κ3) is 3.12. The minimum Gasteiger partial charge on any atom is -0.490 e. The Bertz CT molecular complexity index is 589. The van der Waals surface area contributed by atoms with Gasteiger partial charge in [0, 0.05) is 0 Å². The number of hydrogen-bond donors (Lipinski definition) is 1. The molecule has 0 amide bonds. The van der Waals surface area contributed by atoms with Crippen molar-refractivity contribution in [3.8, 4) is 11.8 Å². The van der Waals surface area contributed by atoms with E-state index in [0.29, 0.717) is 0 Å². The van der Waals surface area contributed by atoms with E-state index in [2.05, 4.69) is 6.07 Å². The van der Waals surface area contributed by atoms with E-state index in [1.807, 2.05) is 61.5 Å². The molecule has 2 aromatic rings. The highest BCUT2D eigenvalue weighted by Crippen LogP contribution is 2.20. The van der Waals surface area contributed by atoms with Gasteiger partial charge in [0.1, 0.15) is 12.4 Å². The summed E-state index contributed by atoms with van der Waals surface area (Å²) in [6, 6.07) is 19.1. The van der Waals surface area contributed by atoms with Gasteiger partial charge in [-0.3, -0.25) is 0 Å². The number of rotatable bonds is 4. The van der Waals surface area contributed by atoms with Crippen molar-refractivity contribution < 1.29 is 4.74 Å². The number of hydrogen-bond acceptors (Lipinski definition) is 3. The summed E-state index contributed by atoms with van der Waals surface area (Å²) in [7, 11) is 0. The van der Waals surface area contributed by atoms with Gasteiger partial charge in [0.25, 0.3) is 0 Å². The zero-order chi connectivity index (χ0) is 13.7. The summed E-state index contributed by atoms with van der Waals surface area (Å²) in [5, 5.41) is 9.32. The number of nitriles is 1. The van der Waals surface area contributed by atoms with E-state index in [-0.39, 0.29) is 6.61 Å². The van der Waals surface area contributed by atoms with E-state index >= 15 is 0 Å². The number of nitrogens with two attached hydrogens (primary N) is 1. The van der Waals surface area contributed by atoms with Crippen LogP contribution in [0, 0.1) is 18.3 Å². The Balaban J connectivity index is 2.14. The molecule has 0 spiro atoms. The van der Waals surface area contributed by atoms with Gasteiger partial charge in [-0.2, -0.15) is 5.26 Å². The second kappa shape index (κ2) is 5.55. The maximum atomic E-state index is 9.32. The van der Waals surface area contributed by atoms with Crippen molar-refractivity contribution in [3.63, 3.8) is 0 Å². The summed E-state index contributed by atoms with van der Waals surface area (Å²) in [6.45, 7) is 2.11. The Morgan fingerprint density at radius 2 is 1.89 bits per heavy atom. The summed E-state index contributed by atoms with van der Waals surface area (Å²) in [5.41, 5.74) is 6.85. The van der Waals surface area contributed by atoms with Crippen LogP contribution in [-0.2, 0) is 5.54 Å². The van der Waals surface area contributed by atoms with Crippen molar-refractivity contribution in [1.29, 1.82) is 5.26 Å². The first kappa shape index (κ1) is 13.1. The molecule has 19 heavy (non-hydrogen) atoms. The molecule has 2 N–H and O–H groups in total. The molecule has 0 heterocycles. The molecule has 0 aliphatic rings. The van der Waals surface area contributed by atoms with E-state index in [4.69, 9.17) is 10.5 Å². The lowest BCUT2D eigenvalue weighted by atomic mass is 9.94. The highest BCUT2D eigenvalue weighted by molar-refractivity contribution is 5.32. The smallest absolute Gasteiger partial charge is 0.164 e. The van der Waals surface area contributed by atoms with Crippen molar-refractivity contribution in [1.82, 2.24) is 0 Å². The van der Waals surface area contributed by atoms with E-state index in [1.165, 1.54) is 0 Å². The molecule has 0 aliphatic carbocycles. The molecule has 0 aliphatic heterocycles. The predicted octanol–water partition coefficient (Wildman–Crippen LogP) is 2.75. The molecule has 2 aromatic carbocycles. The van der Waals surface area contributed by atoms with Crippen molar-refractivity contribution in [2.75, 3.05) is 6.61 Å². The maximum absolute atomic E-state index is 9.32. The second-order valence-electron chi connectivity index (χ2n) is 4.55. The van der Waals surface area contributed by atoms with Crippen molar-refractivity contribution in [2.24, 2.45) is 5.73 Å². The van der Waals surface area contributed by atoms with Crippen LogP contribution in [0.5, 0.6) is 5.75 Å². The van der Waals surface area contributed by atoms with Gasteiger partial charge >= 0.3 is 0 Å². The quantitative estimate of drug-likeness (QED) is 0.910. The Labute approximate surface area is 113 Å². The van der Waals surface area contributed by atoms with Gasteiger partial charge in [-0.05, 0) is 30.2 Å². The maximum Gasteiger partial charge on any atom is 0.164 e. The highest BCUT2D eigenvalue weighted by atomic mass is 16.5. The van der Waals surface area contributed by atoms with Crippen LogP contribution in [0.25, 0.3) is 0 Å². The first-order chi connectivity index (χ1) is 9.14. The summed E-state index contributed by atoms with van der Waals surface area (Å²) < 4.78 is 5.65. The number of benzene rings is 2. The lowest BCUT2D eigenvalue weighted by Gasteiger charge is -2.22. The summed E-state index contributed by atoms with van der Waals surface area (Å²) in [4.78, 5) is 0. The lowest BCUT2D eigenvalue weighted by molar-refractivity contribution is 0.255. The van der Waals surface area contributed by atoms with Gasteiger partial charge in [-0.25, -0.2) is 0 Å². The summed E-state index contributed by atoms with van der Waals surface area (Å²) in [5.74, 6) is 0.723. The van der Waals surface area contributed by atoms with Crippen LogP contribution >= 0.6 is 0 Å². The van der Waals surface area contributed by atoms with Crippen molar-refractivity contribution in [2.45, 2.75) is 12.5 Å². The third-order valence-corrected chi connectivity index (χ3v) is 2.94. The van der Waals surface area contributed by atoms with E-state index in [1.54, 1.807) is 0 Å². The second-order valence-corrected chi connectivity index (χ2v) is 4.55.